The lowest BCUT2D eigenvalue weighted by atomic mass is 10.1. The molecule has 2 rings (SSSR count). The zero-order valence-electron chi connectivity index (χ0n) is 10.1. The number of hydrogen-bond acceptors (Lipinski definition) is 4. The topological polar surface area (TPSA) is 71.5 Å². The van der Waals surface area contributed by atoms with Gasteiger partial charge in [0.1, 0.15) is 0 Å². The van der Waals surface area contributed by atoms with E-state index >= 15 is 0 Å². The highest BCUT2D eigenvalue weighted by atomic mass is 19.1. The molecule has 1 heterocycles. The van der Waals surface area contributed by atoms with Crippen LogP contribution in [0.3, 0.4) is 0 Å². The molecule has 0 saturated heterocycles. The van der Waals surface area contributed by atoms with Gasteiger partial charge in [0, 0.05) is 6.20 Å². The molecule has 98 valence electrons. The fourth-order valence-electron chi connectivity index (χ4n) is 1.54. The molecule has 0 spiro atoms. The van der Waals surface area contributed by atoms with E-state index in [0.29, 0.717) is 0 Å². The maximum absolute atomic E-state index is 13.3. The van der Waals surface area contributed by atoms with Gasteiger partial charge in [0.05, 0.1) is 24.6 Å². The van der Waals surface area contributed by atoms with Gasteiger partial charge in [-0.15, -0.1) is 0 Å². The predicted molar refractivity (Wildman–Crippen MR) is 66.8 cm³/mol. The first-order chi connectivity index (χ1) is 9.13. The zero-order valence-corrected chi connectivity index (χ0v) is 10.1. The van der Waals surface area contributed by atoms with Crippen LogP contribution in [0.2, 0.25) is 0 Å². The summed E-state index contributed by atoms with van der Waals surface area (Å²) in [6.07, 6.45) is 2.34. The van der Waals surface area contributed by atoms with Crippen molar-refractivity contribution in [1.82, 2.24) is 4.98 Å². The number of methoxy groups -OCH3 is 1. The first-order valence-corrected chi connectivity index (χ1v) is 5.40. The number of aromatic hydroxyl groups is 1. The molecular formula is C13H11FN2O3. The van der Waals surface area contributed by atoms with E-state index in [-0.39, 0.29) is 22.7 Å². The number of benzene rings is 1. The molecule has 1 aromatic carbocycles. The molecule has 0 saturated carbocycles. The zero-order chi connectivity index (χ0) is 13.8. The van der Waals surface area contributed by atoms with Gasteiger partial charge in [0.15, 0.2) is 17.3 Å². The number of aromatic nitrogens is 1. The fraction of sp³-hybridized carbons (Fsp3) is 0.0769. The summed E-state index contributed by atoms with van der Waals surface area (Å²) in [6.45, 7) is 0. The van der Waals surface area contributed by atoms with Gasteiger partial charge >= 0.3 is 0 Å². The number of hydrogen-bond donors (Lipinski definition) is 2. The third-order valence-electron chi connectivity index (χ3n) is 2.48. The lowest BCUT2D eigenvalue weighted by Gasteiger charge is -2.09. The van der Waals surface area contributed by atoms with Gasteiger partial charge in [-0.1, -0.05) is 6.07 Å². The number of nitrogens with one attached hydrogen (secondary N) is 1. The smallest absolute Gasteiger partial charge is 0.259 e. The van der Waals surface area contributed by atoms with Gasteiger partial charge in [0.2, 0.25) is 0 Å². The first kappa shape index (κ1) is 12.8. The number of nitrogens with zero attached hydrogens (tertiary/aromatic N) is 1. The van der Waals surface area contributed by atoms with Crippen LogP contribution in [0.4, 0.5) is 10.1 Å². The number of carbonyl (C=O) groups is 1. The van der Waals surface area contributed by atoms with E-state index in [4.69, 9.17) is 4.74 Å². The number of phenols is 1. The Labute approximate surface area is 108 Å². The minimum absolute atomic E-state index is 0.00411. The second-order valence-electron chi connectivity index (χ2n) is 3.67. The van der Waals surface area contributed by atoms with E-state index in [2.05, 4.69) is 10.3 Å². The Morgan fingerprint density at radius 2 is 2.21 bits per heavy atom. The summed E-state index contributed by atoms with van der Waals surface area (Å²) in [7, 11) is 1.37. The SMILES string of the molecule is COc1cccc(C(=O)Nc2ccncc2F)c1O. The summed E-state index contributed by atoms with van der Waals surface area (Å²) in [6, 6.07) is 5.80. The summed E-state index contributed by atoms with van der Waals surface area (Å²) in [5.74, 6) is -1.42. The van der Waals surface area contributed by atoms with Gasteiger partial charge in [0.25, 0.3) is 5.91 Å². The van der Waals surface area contributed by atoms with Gasteiger partial charge < -0.3 is 15.2 Å². The Balaban J connectivity index is 2.28. The largest absolute Gasteiger partial charge is 0.504 e. The number of pyridine rings is 1. The average Bonchev–Trinajstić information content (AvgIpc) is 2.41. The lowest BCUT2D eigenvalue weighted by molar-refractivity contribution is 0.102. The molecule has 0 aliphatic rings. The van der Waals surface area contributed by atoms with Crippen LogP contribution in [-0.4, -0.2) is 23.1 Å². The molecule has 0 aliphatic carbocycles. The molecule has 0 fully saturated rings. The number of phenolic OH excluding ortho intramolecular Hbond substituents is 1. The number of amides is 1. The van der Waals surface area contributed by atoms with E-state index < -0.39 is 11.7 Å². The normalized spacial score (nSPS) is 10.0. The van der Waals surface area contributed by atoms with E-state index in [9.17, 15) is 14.3 Å². The minimum Gasteiger partial charge on any atom is -0.504 e. The van der Waals surface area contributed by atoms with E-state index in [1.54, 1.807) is 6.07 Å². The van der Waals surface area contributed by atoms with Crippen LogP contribution in [0.5, 0.6) is 11.5 Å². The Hall–Kier alpha value is -2.63. The number of rotatable bonds is 3. The molecule has 2 aromatic rings. The molecule has 1 amide bonds. The van der Waals surface area contributed by atoms with Crippen molar-refractivity contribution in [2.24, 2.45) is 0 Å². The second kappa shape index (κ2) is 5.34. The number of para-hydroxylation sites is 1. The van der Waals surface area contributed by atoms with E-state index in [1.165, 1.54) is 31.5 Å². The number of anilines is 1. The molecule has 0 bridgehead atoms. The standard InChI is InChI=1S/C13H11FN2O3/c1-19-11-4-2-3-8(12(11)17)13(18)16-10-5-6-15-7-9(10)14/h2-7,17H,1H3,(H,15,16,18). The van der Waals surface area contributed by atoms with Crippen molar-refractivity contribution in [2.45, 2.75) is 0 Å². The summed E-state index contributed by atoms with van der Waals surface area (Å²) >= 11 is 0. The van der Waals surface area contributed by atoms with Crippen LogP contribution in [0.15, 0.2) is 36.7 Å². The quantitative estimate of drug-likeness (QED) is 0.889. The van der Waals surface area contributed by atoms with Crippen molar-refractivity contribution in [1.29, 1.82) is 0 Å². The van der Waals surface area contributed by atoms with Crippen molar-refractivity contribution in [3.63, 3.8) is 0 Å². The number of halogens is 1. The van der Waals surface area contributed by atoms with Crippen molar-refractivity contribution in [3.05, 3.63) is 48.0 Å². The third kappa shape index (κ3) is 2.62. The monoisotopic (exact) mass is 262 g/mol. The maximum atomic E-state index is 13.3. The van der Waals surface area contributed by atoms with Gasteiger partial charge in [-0.3, -0.25) is 9.78 Å². The molecule has 2 N–H and O–H groups in total. The minimum atomic E-state index is -0.654. The second-order valence-corrected chi connectivity index (χ2v) is 3.67. The highest BCUT2D eigenvalue weighted by Gasteiger charge is 2.16. The highest BCUT2D eigenvalue weighted by molar-refractivity contribution is 6.06. The van der Waals surface area contributed by atoms with E-state index in [0.717, 1.165) is 6.20 Å². The molecule has 5 nitrogen and oxygen atoms in total. The Morgan fingerprint density at radius 1 is 1.42 bits per heavy atom. The van der Waals surface area contributed by atoms with Crippen LogP contribution in [0, 0.1) is 5.82 Å². The van der Waals surface area contributed by atoms with Crippen LogP contribution in [-0.2, 0) is 0 Å². The molecule has 0 radical (unpaired) electrons. The van der Waals surface area contributed by atoms with Crippen molar-refractivity contribution < 1.29 is 19.0 Å². The first-order valence-electron chi connectivity index (χ1n) is 5.40. The number of carbonyl (C=O) groups excluding carboxylic acids is 1. The summed E-state index contributed by atoms with van der Waals surface area (Å²) in [5.41, 5.74) is -0.0159. The Morgan fingerprint density at radius 3 is 2.89 bits per heavy atom. The lowest BCUT2D eigenvalue weighted by Crippen LogP contribution is -2.13. The van der Waals surface area contributed by atoms with Crippen molar-refractivity contribution in [2.75, 3.05) is 12.4 Å². The average molecular weight is 262 g/mol. The maximum Gasteiger partial charge on any atom is 0.259 e. The molecule has 6 heteroatoms. The molecule has 19 heavy (non-hydrogen) atoms. The molecular weight excluding hydrogens is 251 g/mol. The van der Waals surface area contributed by atoms with Gasteiger partial charge in [-0.05, 0) is 18.2 Å². The van der Waals surface area contributed by atoms with Gasteiger partial charge in [-0.25, -0.2) is 4.39 Å². The number of ether oxygens (including phenoxy) is 1. The summed E-state index contributed by atoms with van der Waals surface area (Å²) in [5, 5.41) is 12.2. The molecule has 0 aliphatic heterocycles. The molecule has 0 unspecified atom stereocenters. The van der Waals surface area contributed by atoms with Crippen LogP contribution in [0.25, 0.3) is 0 Å². The highest BCUT2D eigenvalue weighted by Crippen LogP contribution is 2.29. The van der Waals surface area contributed by atoms with Crippen LogP contribution in [0.1, 0.15) is 10.4 Å². The summed E-state index contributed by atoms with van der Waals surface area (Å²) in [4.78, 5) is 15.5. The van der Waals surface area contributed by atoms with Crippen molar-refractivity contribution >= 4 is 11.6 Å². The van der Waals surface area contributed by atoms with Gasteiger partial charge in [-0.2, -0.15) is 0 Å². The third-order valence-corrected chi connectivity index (χ3v) is 2.48. The summed E-state index contributed by atoms with van der Waals surface area (Å²) < 4.78 is 18.2. The molecule has 0 atom stereocenters. The Kier molecular flexibility index (Phi) is 3.61. The van der Waals surface area contributed by atoms with E-state index in [1.807, 2.05) is 0 Å². The van der Waals surface area contributed by atoms with Crippen molar-refractivity contribution in [3.8, 4) is 11.5 Å². The fourth-order valence-corrected chi connectivity index (χ4v) is 1.54. The molecule has 1 aromatic heterocycles. The Bertz CT molecular complexity index is 617. The predicted octanol–water partition coefficient (Wildman–Crippen LogP) is 2.19. The van der Waals surface area contributed by atoms with Crippen LogP contribution >= 0.6 is 0 Å². The van der Waals surface area contributed by atoms with Crippen LogP contribution < -0.4 is 10.1 Å².